The number of pyridine rings is 1. The number of fused-ring (bicyclic) bond motifs is 1. The van der Waals surface area contributed by atoms with Crippen LogP contribution in [0, 0.1) is 22.7 Å². The van der Waals surface area contributed by atoms with E-state index in [9.17, 15) is 9.59 Å². The first-order valence-electron chi connectivity index (χ1n) is 10.6. The van der Waals surface area contributed by atoms with Crippen LogP contribution >= 0.6 is 0 Å². The molecule has 1 spiro atoms. The van der Waals surface area contributed by atoms with E-state index in [0.29, 0.717) is 29.8 Å². The number of rotatable bonds is 5. The van der Waals surface area contributed by atoms with Crippen LogP contribution in [0.15, 0.2) is 18.3 Å². The fraction of sp³-hybridized carbons (Fsp3) is 0.682. The van der Waals surface area contributed by atoms with Gasteiger partial charge < -0.3 is 21.1 Å². The van der Waals surface area contributed by atoms with Crippen molar-refractivity contribution >= 4 is 17.6 Å². The van der Waals surface area contributed by atoms with Crippen molar-refractivity contribution in [2.24, 2.45) is 22.7 Å². The molecule has 0 radical (unpaired) electrons. The van der Waals surface area contributed by atoms with Crippen LogP contribution in [0.25, 0.3) is 0 Å². The molecule has 1 aliphatic heterocycles. The maximum atomic E-state index is 12.3. The highest BCUT2D eigenvalue weighted by Crippen LogP contribution is 2.68. The van der Waals surface area contributed by atoms with E-state index in [-0.39, 0.29) is 34.8 Å². The molecule has 2 amide bonds. The van der Waals surface area contributed by atoms with Crippen LogP contribution in [0.5, 0.6) is 0 Å². The summed E-state index contributed by atoms with van der Waals surface area (Å²) in [4.78, 5) is 28.2. The first-order valence-corrected chi connectivity index (χ1v) is 10.6. The van der Waals surface area contributed by atoms with Crippen LogP contribution in [0.4, 0.5) is 5.82 Å². The summed E-state index contributed by atoms with van der Waals surface area (Å²) in [5.41, 5.74) is 6.32. The van der Waals surface area contributed by atoms with E-state index in [1.165, 1.54) is 12.6 Å². The highest BCUT2D eigenvalue weighted by Gasteiger charge is 2.68. The average molecular weight is 401 g/mol. The van der Waals surface area contributed by atoms with Gasteiger partial charge in [0.15, 0.2) is 0 Å². The predicted molar refractivity (Wildman–Crippen MR) is 110 cm³/mol. The van der Waals surface area contributed by atoms with Gasteiger partial charge in [0.2, 0.25) is 5.91 Å². The van der Waals surface area contributed by atoms with Gasteiger partial charge in [-0.2, -0.15) is 0 Å². The van der Waals surface area contributed by atoms with Gasteiger partial charge in [-0.25, -0.2) is 4.98 Å². The molecule has 7 nitrogen and oxygen atoms in total. The maximum absolute atomic E-state index is 12.3. The van der Waals surface area contributed by atoms with Crippen molar-refractivity contribution in [2.75, 3.05) is 18.9 Å². The molecule has 0 aromatic carbocycles. The fourth-order valence-corrected chi connectivity index (χ4v) is 6.37. The molecule has 1 saturated heterocycles. The zero-order chi connectivity index (χ0) is 20.8. The number of nitrogens with two attached hydrogens (primary N) is 1. The summed E-state index contributed by atoms with van der Waals surface area (Å²) in [7, 11) is 0. The summed E-state index contributed by atoms with van der Waals surface area (Å²) in [6.07, 6.45) is 5.70. The Labute approximate surface area is 172 Å². The molecule has 2 heterocycles. The number of amides is 2. The van der Waals surface area contributed by atoms with Gasteiger partial charge in [0.05, 0.1) is 11.7 Å². The highest BCUT2D eigenvalue weighted by molar-refractivity contribution is 5.93. The Hall–Kier alpha value is -2.15. The van der Waals surface area contributed by atoms with E-state index in [2.05, 4.69) is 29.5 Å². The number of nitrogen functional groups attached to an aromatic ring is 1. The molecule has 2 aliphatic carbocycles. The number of hydrogen-bond donors (Lipinski definition) is 3. The van der Waals surface area contributed by atoms with Gasteiger partial charge in [-0.05, 0) is 60.5 Å². The lowest BCUT2D eigenvalue weighted by atomic mass is 9.59. The third kappa shape index (κ3) is 3.39. The summed E-state index contributed by atoms with van der Waals surface area (Å²) >= 11 is 0. The molecular weight excluding hydrogens is 368 g/mol. The van der Waals surface area contributed by atoms with E-state index in [1.54, 1.807) is 19.1 Å². The van der Waals surface area contributed by atoms with Crippen LogP contribution in [-0.4, -0.2) is 42.1 Å². The molecule has 1 aromatic rings. The zero-order valence-electron chi connectivity index (χ0n) is 17.5. The number of carbonyl (C=O) groups is 2. The molecule has 2 saturated carbocycles. The van der Waals surface area contributed by atoms with Crippen molar-refractivity contribution in [3.8, 4) is 0 Å². The minimum atomic E-state index is -0.145. The molecule has 29 heavy (non-hydrogen) atoms. The van der Waals surface area contributed by atoms with E-state index in [4.69, 9.17) is 10.5 Å². The van der Waals surface area contributed by atoms with E-state index < -0.39 is 0 Å². The molecule has 4 rings (SSSR count). The van der Waals surface area contributed by atoms with Crippen LogP contribution in [0.3, 0.4) is 0 Å². The van der Waals surface area contributed by atoms with E-state index in [0.717, 1.165) is 25.9 Å². The maximum Gasteiger partial charge on any atom is 0.252 e. The molecule has 3 aliphatic rings. The lowest BCUT2D eigenvalue weighted by Crippen LogP contribution is -2.60. The lowest BCUT2D eigenvalue weighted by molar-refractivity contribution is -0.135. The Bertz CT molecular complexity index is 794. The summed E-state index contributed by atoms with van der Waals surface area (Å²) < 4.78 is 6.17. The smallest absolute Gasteiger partial charge is 0.252 e. The molecule has 5 atom stereocenters. The quantitative estimate of drug-likeness (QED) is 0.702. The number of ether oxygens (including phenoxy) is 1. The van der Waals surface area contributed by atoms with Gasteiger partial charge in [-0.1, -0.05) is 13.8 Å². The van der Waals surface area contributed by atoms with Gasteiger partial charge in [0, 0.05) is 32.3 Å². The summed E-state index contributed by atoms with van der Waals surface area (Å²) in [5.74, 6) is 1.34. The van der Waals surface area contributed by atoms with Gasteiger partial charge in [-0.15, -0.1) is 0 Å². The van der Waals surface area contributed by atoms with E-state index in [1.807, 2.05) is 0 Å². The standard InChI is InChI=1S/C22H32N4O3/c1-13(27)26-20-21(2,3)15-10-16-17(29-9-7-22(16,20)11-15)6-8-24-19(28)14-4-5-18(23)25-12-14/h4-5,12,15-17,20H,6-11H2,1-3H3,(H2,23,25)(H,24,28)(H,26,27)/t15-,16-,17-,20-,22-/m1/s1. The topological polar surface area (TPSA) is 106 Å². The molecular formula is C22H32N4O3. The third-order valence-electron chi connectivity index (χ3n) is 7.73. The van der Waals surface area contributed by atoms with Crippen LogP contribution < -0.4 is 16.4 Å². The Kier molecular flexibility index (Phi) is 5.05. The Morgan fingerprint density at radius 2 is 2.14 bits per heavy atom. The fourth-order valence-electron chi connectivity index (χ4n) is 6.37. The second kappa shape index (κ2) is 7.27. The first-order chi connectivity index (χ1) is 13.7. The van der Waals surface area contributed by atoms with Crippen LogP contribution in [0.1, 0.15) is 56.8 Å². The van der Waals surface area contributed by atoms with Crippen molar-refractivity contribution in [1.29, 1.82) is 0 Å². The summed E-state index contributed by atoms with van der Waals surface area (Å²) in [5, 5.41) is 6.27. The normalized spacial score (nSPS) is 34.4. The first kappa shape index (κ1) is 20.1. The van der Waals surface area contributed by atoms with Gasteiger partial charge in [0.25, 0.3) is 5.91 Å². The van der Waals surface area contributed by atoms with Crippen LogP contribution in [0.2, 0.25) is 0 Å². The number of carbonyl (C=O) groups excluding carboxylic acids is 2. The van der Waals surface area contributed by atoms with Gasteiger partial charge >= 0.3 is 0 Å². The van der Waals surface area contributed by atoms with Crippen molar-refractivity contribution in [3.63, 3.8) is 0 Å². The summed E-state index contributed by atoms with van der Waals surface area (Å²) in [6.45, 7) is 7.49. The number of nitrogens with one attached hydrogen (secondary N) is 2. The van der Waals surface area contributed by atoms with Gasteiger partial charge in [0.1, 0.15) is 5.82 Å². The average Bonchev–Trinajstić information content (AvgIpc) is 3.15. The highest BCUT2D eigenvalue weighted by atomic mass is 16.5. The third-order valence-corrected chi connectivity index (χ3v) is 7.73. The van der Waals surface area contributed by atoms with E-state index >= 15 is 0 Å². The second-order valence-electron chi connectivity index (χ2n) is 9.61. The van der Waals surface area contributed by atoms with Crippen molar-refractivity contribution in [2.45, 2.75) is 58.6 Å². The molecule has 2 bridgehead atoms. The van der Waals surface area contributed by atoms with Gasteiger partial charge in [-0.3, -0.25) is 9.59 Å². The number of nitrogens with zero attached hydrogens (tertiary/aromatic N) is 1. The minimum absolute atomic E-state index is 0.0520. The van der Waals surface area contributed by atoms with Crippen molar-refractivity contribution in [3.05, 3.63) is 23.9 Å². The van der Waals surface area contributed by atoms with Crippen LogP contribution in [-0.2, 0) is 9.53 Å². The minimum Gasteiger partial charge on any atom is -0.384 e. The Morgan fingerprint density at radius 3 is 2.83 bits per heavy atom. The second-order valence-corrected chi connectivity index (χ2v) is 9.61. The van der Waals surface area contributed by atoms with Crippen molar-refractivity contribution < 1.29 is 14.3 Å². The number of anilines is 1. The summed E-state index contributed by atoms with van der Waals surface area (Å²) in [6, 6.07) is 3.50. The molecule has 1 aromatic heterocycles. The Morgan fingerprint density at radius 1 is 1.34 bits per heavy atom. The molecule has 7 heteroatoms. The number of aromatic nitrogens is 1. The SMILES string of the molecule is CC(=O)N[C@@H]1C(C)(C)[C@@H]2C[C@@H]3[C@@H](CCNC(=O)c4ccc(N)nc4)OCC[C@@]31C2. The molecule has 3 fully saturated rings. The van der Waals surface area contributed by atoms with Crippen molar-refractivity contribution in [1.82, 2.24) is 15.6 Å². The largest absolute Gasteiger partial charge is 0.384 e. The predicted octanol–water partition coefficient (Wildman–Crippen LogP) is 2.13. The number of hydrogen-bond acceptors (Lipinski definition) is 5. The monoisotopic (exact) mass is 400 g/mol. The Balaban J connectivity index is 1.41. The molecule has 4 N–H and O–H groups in total. The molecule has 0 unspecified atom stereocenters. The molecule has 158 valence electrons. The zero-order valence-corrected chi connectivity index (χ0v) is 17.5. The lowest BCUT2D eigenvalue weighted by Gasteiger charge is -2.53.